The third-order valence-corrected chi connectivity index (χ3v) is 3.49. The Labute approximate surface area is 114 Å². The molecule has 1 fully saturated rings. The van der Waals surface area contributed by atoms with Crippen molar-refractivity contribution in [3.63, 3.8) is 0 Å². The van der Waals surface area contributed by atoms with E-state index in [-0.39, 0.29) is 18.1 Å². The van der Waals surface area contributed by atoms with Gasteiger partial charge in [-0.25, -0.2) is 0 Å². The lowest BCUT2D eigenvalue weighted by Gasteiger charge is -2.18. The number of carbonyl (C=O) groups is 1. The zero-order chi connectivity index (χ0) is 13.5. The lowest BCUT2D eigenvalue weighted by Crippen LogP contribution is -2.33. The van der Waals surface area contributed by atoms with E-state index in [1.807, 2.05) is 30.3 Å². The summed E-state index contributed by atoms with van der Waals surface area (Å²) in [6, 6.07) is 9.73. The molecule has 2 atom stereocenters. The first kappa shape index (κ1) is 14.0. The first-order valence-electron chi connectivity index (χ1n) is 6.95. The van der Waals surface area contributed by atoms with Crippen molar-refractivity contribution in [2.75, 3.05) is 13.2 Å². The number of nitrogens with two attached hydrogens (primary N) is 1. The monoisotopic (exact) mass is 262 g/mol. The maximum atomic E-state index is 11.9. The van der Waals surface area contributed by atoms with Crippen LogP contribution in [0.1, 0.15) is 37.3 Å². The van der Waals surface area contributed by atoms with Gasteiger partial charge in [0.1, 0.15) is 0 Å². The fourth-order valence-corrected chi connectivity index (χ4v) is 2.39. The number of nitrogens with one attached hydrogen (secondary N) is 1. The van der Waals surface area contributed by atoms with E-state index in [0.717, 1.165) is 31.4 Å². The Morgan fingerprint density at radius 3 is 2.84 bits per heavy atom. The molecule has 2 rings (SSSR count). The van der Waals surface area contributed by atoms with Crippen molar-refractivity contribution in [1.29, 1.82) is 0 Å². The van der Waals surface area contributed by atoms with Crippen LogP contribution in [0.5, 0.6) is 0 Å². The number of hydrogen-bond donors (Lipinski definition) is 2. The summed E-state index contributed by atoms with van der Waals surface area (Å²) in [6.07, 6.45) is 3.76. The van der Waals surface area contributed by atoms with E-state index in [4.69, 9.17) is 10.5 Å². The molecule has 1 aromatic rings. The highest BCUT2D eigenvalue weighted by molar-refractivity contribution is 5.76. The molecule has 0 radical (unpaired) electrons. The third kappa shape index (κ3) is 4.33. The molecule has 0 spiro atoms. The molecular weight excluding hydrogens is 240 g/mol. The lowest BCUT2D eigenvalue weighted by atomic mass is 10.1. The second-order valence-electron chi connectivity index (χ2n) is 4.94. The summed E-state index contributed by atoms with van der Waals surface area (Å²) in [4.78, 5) is 11.9. The van der Waals surface area contributed by atoms with E-state index in [1.54, 1.807) is 0 Å². The van der Waals surface area contributed by atoms with Crippen LogP contribution in [0.3, 0.4) is 0 Å². The van der Waals surface area contributed by atoms with Crippen molar-refractivity contribution in [3.8, 4) is 0 Å². The standard InChI is InChI=1S/C15H22N2O2/c16-11-14(12-5-2-1-3-6-12)17-15(18)9-8-13-7-4-10-19-13/h1-3,5-6,13-14H,4,7-11,16H2,(H,17,18). The van der Waals surface area contributed by atoms with Crippen LogP contribution in [0.25, 0.3) is 0 Å². The van der Waals surface area contributed by atoms with Crippen molar-refractivity contribution in [2.45, 2.75) is 37.8 Å². The average molecular weight is 262 g/mol. The van der Waals surface area contributed by atoms with Crippen molar-refractivity contribution < 1.29 is 9.53 Å². The van der Waals surface area contributed by atoms with Crippen LogP contribution < -0.4 is 11.1 Å². The maximum absolute atomic E-state index is 11.9. The molecule has 1 amide bonds. The Hall–Kier alpha value is -1.39. The highest BCUT2D eigenvalue weighted by atomic mass is 16.5. The Morgan fingerprint density at radius 1 is 1.42 bits per heavy atom. The Balaban J connectivity index is 1.79. The molecule has 104 valence electrons. The minimum absolute atomic E-state index is 0.0507. The molecule has 1 aliphatic rings. The Bertz CT molecular complexity index is 388. The minimum Gasteiger partial charge on any atom is -0.378 e. The van der Waals surface area contributed by atoms with Crippen LogP contribution in [0.15, 0.2) is 30.3 Å². The first-order chi connectivity index (χ1) is 9.29. The van der Waals surface area contributed by atoms with Gasteiger partial charge in [0.15, 0.2) is 0 Å². The van der Waals surface area contributed by atoms with Crippen LogP contribution in [0.4, 0.5) is 0 Å². The molecule has 1 aliphatic heterocycles. The maximum Gasteiger partial charge on any atom is 0.220 e. The second kappa shape index (κ2) is 7.26. The van der Waals surface area contributed by atoms with Gasteiger partial charge in [-0.1, -0.05) is 30.3 Å². The van der Waals surface area contributed by atoms with E-state index >= 15 is 0 Å². The number of amides is 1. The SMILES string of the molecule is NCC(NC(=O)CCC1CCCO1)c1ccccc1. The van der Waals surface area contributed by atoms with E-state index in [2.05, 4.69) is 5.32 Å². The predicted octanol–water partition coefficient (Wildman–Crippen LogP) is 1.76. The minimum atomic E-state index is -0.0989. The van der Waals surface area contributed by atoms with E-state index in [9.17, 15) is 4.79 Å². The zero-order valence-corrected chi connectivity index (χ0v) is 11.2. The Kier molecular flexibility index (Phi) is 5.36. The topological polar surface area (TPSA) is 64.3 Å². The average Bonchev–Trinajstić information content (AvgIpc) is 2.97. The van der Waals surface area contributed by atoms with Gasteiger partial charge in [-0.15, -0.1) is 0 Å². The van der Waals surface area contributed by atoms with Crippen molar-refractivity contribution in [3.05, 3.63) is 35.9 Å². The summed E-state index contributed by atoms with van der Waals surface area (Å²) in [5.41, 5.74) is 6.78. The van der Waals surface area contributed by atoms with Gasteiger partial charge in [-0.05, 0) is 24.8 Å². The predicted molar refractivity (Wildman–Crippen MR) is 74.6 cm³/mol. The number of rotatable bonds is 6. The van der Waals surface area contributed by atoms with Crippen LogP contribution in [-0.4, -0.2) is 25.2 Å². The molecule has 0 aliphatic carbocycles. The summed E-state index contributed by atoms with van der Waals surface area (Å²) in [5.74, 6) is 0.0507. The molecule has 0 bridgehead atoms. The fraction of sp³-hybridized carbons (Fsp3) is 0.533. The molecule has 0 saturated carbocycles. The molecule has 0 aromatic heterocycles. The second-order valence-corrected chi connectivity index (χ2v) is 4.94. The van der Waals surface area contributed by atoms with E-state index in [0.29, 0.717) is 13.0 Å². The molecule has 2 unspecified atom stereocenters. The summed E-state index contributed by atoms with van der Waals surface area (Å²) in [6.45, 7) is 1.25. The van der Waals surface area contributed by atoms with Gasteiger partial charge < -0.3 is 15.8 Å². The highest BCUT2D eigenvalue weighted by Gasteiger charge is 2.18. The smallest absolute Gasteiger partial charge is 0.220 e. The number of ether oxygens (including phenoxy) is 1. The molecule has 1 aromatic carbocycles. The quantitative estimate of drug-likeness (QED) is 0.821. The summed E-state index contributed by atoms with van der Waals surface area (Å²) >= 11 is 0. The van der Waals surface area contributed by atoms with E-state index in [1.165, 1.54) is 0 Å². The molecule has 3 N–H and O–H groups in total. The van der Waals surface area contributed by atoms with Crippen molar-refractivity contribution in [2.24, 2.45) is 5.73 Å². The summed E-state index contributed by atoms with van der Waals surface area (Å²) in [7, 11) is 0. The van der Waals surface area contributed by atoms with Gasteiger partial charge in [0.25, 0.3) is 0 Å². The van der Waals surface area contributed by atoms with Gasteiger partial charge in [0, 0.05) is 19.6 Å². The molecule has 1 heterocycles. The zero-order valence-electron chi connectivity index (χ0n) is 11.2. The van der Waals surface area contributed by atoms with Gasteiger partial charge in [0.05, 0.1) is 12.1 Å². The van der Waals surface area contributed by atoms with Crippen LogP contribution >= 0.6 is 0 Å². The third-order valence-electron chi connectivity index (χ3n) is 3.49. The lowest BCUT2D eigenvalue weighted by molar-refractivity contribution is -0.122. The molecular formula is C15H22N2O2. The van der Waals surface area contributed by atoms with Crippen molar-refractivity contribution >= 4 is 5.91 Å². The molecule has 1 saturated heterocycles. The van der Waals surface area contributed by atoms with Crippen LogP contribution in [-0.2, 0) is 9.53 Å². The summed E-state index contributed by atoms with van der Waals surface area (Å²) < 4.78 is 5.51. The normalized spacial score (nSPS) is 20.2. The number of hydrogen-bond acceptors (Lipinski definition) is 3. The highest BCUT2D eigenvalue weighted by Crippen LogP contribution is 2.17. The van der Waals surface area contributed by atoms with Gasteiger partial charge in [0.2, 0.25) is 5.91 Å². The molecule has 4 nitrogen and oxygen atoms in total. The largest absolute Gasteiger partial charge is 0.378 e. The Morgan fingerprint density at radius 2 is 2.21 bits per heavy atom. The van der Waals surface area contributed by atoms with Gasteiger partial charge in [-0.3, -0.25) is 4.79 Å². The van der Waals surface area contributed by atoms with Crippen molar-refractivity contribution in [1.82, 2.24) is 5.32 Å². The molecule has 4 heteroatoms. The number of benzene rings is 1. The summed E-state index contributed by atoms with van der Waals surface area (Å²) in [5, 5.41) is 2.99. The van der Waals surface area contributed by atoms with Gasteiger partial charge >= 0.3 is 0 Å². The molecule has 19 heavy (non-hydrogen) atoms. The van der Waals surface area contributed by atoms with Gasteiger partial charge in [-0.2, -0.15) is 0 Å². The van der Waals surface area contributed by atoms with Crippen LogP contribution in [0, 0.1) is 0 Å². The first-order valence-corrected chi connectivity index (χ1v) is 6.95. The van der Waals surface area contributed by atoms with Crippen LogP contribution in [0.2, 0.25) is 0 Å². The van der Waals surface area contributed by atoms with E-state index < -0.39 is 0 Å². The number of carbonyl (C=O) groups excluding carboxylic acids is 1. The fourth-order valence-electron chi connectivity index (χ4n) is 2.39.